The average molecular weight is 382 g/mol. The Morgan fingerprint density at radius 1 is 1.04 bits per heavy atom. The van der Waals surface area contributed by atoms with Gasteiger partial charge in [0.05, 0.1) is 0 Å². The van der Waals surface area contributed by atoms with E-state index in [2.05, 4.69) is 41.1 Å². The van der Waals surface area contributed by atoms with Crippen molar-refractivity contribution in [1.29, 1.82) is 0 Å². The van der Waals surface area contributed by atoms with Crippen LogP contribution in [0, 0.1) is 11.7 Å². The number of piperazine rings is 1. The second-order valence-corrected chi connectivity index (χ2v) is 8.71. The Morgan fingerprint density at radius 2 is 1.79 bits per heavy atom. The van der Waals surface area contributed by atoms with E-state index in [0.29, 0.717) is 5.56 Å². The number of hydrogen-bond acceptors (Lipinski definition) is 3. The number of rotatable bonds is 5. The van der Waals surface area contributed by atoms with Gasteiger partial charge in [-0.1, -0.05) is 48.9 Å². The highest BCUT2D eigenvalue weighted by Crippen LogP contribution is 2.44. The molecule has 2 atom stereocenters. The molecule has 28 heavy (non-hydrogen) atoms. The third kappa shape index (κ3) is 4.14. The fraction of sp³-hybridized carbons (Fsp3) is 0.500. The van der Waals surface area contributed by atoms with Crippen LogP contribution in [0.15, 0.2) is 48.5 Å². The van der Waals surface area contributed by atoms with Crippen LogP contribution in [0.25, 0.3) is 0 Å². The van der Waals surface area contributed by atoms with E-state index in [0.717, 1.165) is 58.4 Å². The van der Waals surface area contributed by atoms with Gasteiger partial charge in [-0.15, -0.1) is 0 Å². The Balaban J connectivity index is 1.47. The standard InChI is InChI=1S/C24H32FN3/c1-27-12-14-28(15-13-27)18-20-7-4-6-19(16-20)17-21-8-5-11-24(21,26)22-9-2-3-10-23(22)25/h2-4,6-7,9-10,16,21H,5,8,11-15,17-18,26H2,1H3. The summed E-state index contributed by atoms with van der Waals surface area (Å²) in [6, 6.07) is 16.0. The van der Waals surface area contributed by atoms with Crippen LogP contribution < -0.4 is 5.73 Å². The molecule has 0 radical (unpaired) electrons. The topological polar surface area (TPSA) is 32.5 Å². The molecule has 2 N–H and O–H groups in total. The monoisotopic (exact) mass is 381 g/mol. The zero-order valence-electron chi connectivity index (χ0n) is 16.9. The van der Waals surface area contributed by atoms with Gasteiger partial charge in [-0.2, -0.15) is 0 Å². The Kier molecular flexibility index (Phi) is 5.81. The van der Waals surface area contributed by atoms with Gasteiger partial charge in [0.25, 0.3) is 0 Å². The van der Waals surface area contributed by atoms with Gasteiger partial charge in [0.15, 0.2) is 0 Å². The molecule has 1 aliphatic carbocycles. The largest absolute Gasteiger partial charge is 0.321 e. The van der Waals surface area contributed by atoms with E-state index >= 15 is 0 Å². The van der Waals surface area contributed by atoms with Gasteiger partial charge in [-0.05, 0) is 49.4 Å². The molecule has 0 amide bonds. The molecule has 2 unspecified atom stereocenters. The average Bonchev–Trinajstić information content (AvgIpc) is 3.05. The summed E-state index contributed by atoms with van der Waals surface area (Å²) in [5.74, 6) is 0.115. The third-order valence-electron chi connectivity index (χ3n) is 6.72. The molecule has 1 saturated heterocycles. The van der Waals surface area contributed by atoms with Crippen molar-refractivity contribution >= 4 is 0 Å². The van der Waals surface area contributed by atoms with Crippen molar-refractivity contribution in [2.24, 2.45) is 11.7 Å². The summed E-state index contributed by atoms with van der Waals surface area (Å²) >= 11 is 0. The minimum Gasteiger partial charge on any atom is -0.321 e. The lowest BCUT2D eigenvalue weighted by Crippen LogP contribution is -2.43. The summed E-state index contributed by atoms with van der Waals surface area (Å²) < 4.78 is 14.5. The Bertz CT molecular complexity index is 800. The predicted molar refractivity (Wildman–Crippen MR) is 113 cm³/mol. The molecular weight excluding hydrogens is 349 g/mol. The highest BCUT2D eigenvalue weighted by molar-refractivity contribution is 5.30. The molecule has 0 aromatic heterocycles. The number of halogens is 1. The molecule has 2 aromatic carbocycles. The van der Waals surface area contributed by atoms with Crippen LogP contribution in [0.4, 0.5) is 4.39 Å². The maximum absolute atomic E-state index is 14.5. The second-order valence-electron chi connectivity index (χ2n) is 8.71. The van der Waals surface area contributed by atoms with Gasteiger partial charge in [-0.3, -0.25) is 4.90 Å². The Morgan fingerprint density at radius 3 is 2.57 bits per heavy atom. The number of hydrogen-bond donors (Lipinski definition) is 1. The molecule has 3 nitrogen and oxygen atoms in total. The molecule has 1 aliphatic heterocycles. The summed E-state index contributed by atoms with van der Waals surface area (Å²) in [4.78, 5) is 4.91. The zero-order valence-corrected chi connectivity index (χ0v) is 16.9. The smallest absolute Gasteiger partial charge is 0.128 e. The predicted octanol–water partition coefficient (Wildman–Crippen LogP) is 3.77. The van der Waals surface area contributed by atoms with Crippen LogP contribution in [0.3, 0.4) is 0 Å². The molecule has 4 heteroatoms. The summed E-state index contributed by atoms with van der Waals surface area (Å²) in [5, 5.41) is 0. The number of benzene rings is 2. The van der Waals surface area contributed by atoms with Crippen LogP contribution >= 0.6 is 0 Å². The first-order valence-corrected chi connectivity index (χ1v) is 10.6. The third-order valence-corrected chi connectivity index (χ3v) is 6.72. The van der Waals surface area contributed by atoms with Crippen molar-refractivity contribution in [3.63, 3.8) is 0 Å². The number of likely N-dealkylation sites (N-methyl/N-ethyl adjacent to an activating group) is 1. The van der Waals surface area contributed by atoms with E-state index in [1.165, 1.54) is 17.2 Å². The molecule has 4 rings (SSSR count). The lowest BCUT2D eigenvalue weighted by Gasteiger charge is -2.33. The van der Waals surface area contributed by atoms with E-state index in [9.17, 15) is 4.39 Å². The maximum Gasteiger partial charge on any atom is 0.128 e. The maximum atomic E-state index is 14.5. The van der Waals surface area contributed by atoms with Crippen LogP contribution in [0.1, 0.15) is 36.0 Å². The SMILES string of the molecule is CN1CCN(Cc2cccc(CC3CCCC3(N)c3ccccc3F)c2)CC1. The first-order valence-electron chi connectivity index (χ1n) is 10.6. The lowest BCUT2D eigenvalue weighted by molar-refractivity contribution is 0.148. The second kappa shape index (κ2) is 8.32. The van der Waals surface area contributed by atoms with Crippen molar-refractivity contribution in [3.8, 4) is 0 Å². The molecule has 150 valence electrons. The van der Waals surface area contributed by atoms with E-state index in [1.807, 2.05) is 12.1 Å². The first-order chi connectivity index (χ1) is 13.5. The minimum absolute atomic E-state index is 0.166. The van der Waals surface area contributed by atoms with Crippen LogP contribution in [0.2, 0.25) is 0 Å². The molecule has 2 aromatic rings. The summed E-state index contributed by atoms with van der Waals surface area (Å²) in [6.45, 7) is 5.54. The Labute approximate surface area is 168 Å². The summed E-state index contributed by atoms with van der Waals surface area (Å²) in [5.41, 5.74) is 9.64. The fourth-order valence-electron chi connectivity index (χ4n) is 4.98. The van der Waals surface area contributed by atoms with Crippen LogP contribution in [-0.4, -0.2) is 43.0 Å². The van der Waals surface area contributed by atoms with Crippen LogP contribution in [-0.2, 0) is 18.5 Å². The van der Waals surface area contributed by atoms with Crippen molar-refractivity contribution in [1.82, 2.24) is 9.80 Å². The highest BCUT2D eigenvalue weighted by Gasteiger charge is 2.42. The number of nitrogens with two attached hydrogens (primary N) is 1. The van der Waals surface area contributed by atoms with Crippen molar-refractivity contribution in [2.75, 3.05) is 33.2 Å². The van der Waals surface area contributed by atoms with Crippen molar-refractivity contribution < 1.29 is 4.39 Å². The molecule has 0 spiro atoms. The molecule has 2 aliphatic rings. The molecular formula is C24H32FN3. The molecule has 2 fully saturated rings. The summed E-state index contributed by atoms with van der Waals surface area (Å²) in [6.07, 6.45) is 3.91. The van der Waals surface area contributed by atoms with Crippen LogP contribution in [0.5, 0.6) is 0 Å². The minimum atomic E-state index is -0.557. The molecule has 1 saturated carbocycles. The van der Waals surface area contributed by atoms with E-state index in [-0.39, 0.29) is 11.7 Å². The van der Waals surface area contributed by atoms with E-state index < -0.39 is 5.54 Å². The summed E-state index contributed by atoms with van der Waals surface area (Å²) in [7, 11) is 2.19. The van der Waals surface area contributed by atoms with Gasteiger partial charge in [0.2, 0.25) is 0 Å². The van der Waals surface area contributed by atoms with Crippen molar-refractivity contribution in [2.45, 2.75) is 37.8 Å². The van der Waals surface area contributed by atoms with Gasteiger partial charge in [0, 0.05) is 43.8 Å². The fourth-order valence-corrected chi connectivity index (χ4v) is 4.98. The highest BCUT2D eigenvalue weighted by atomic mass is 19.1. The van der Waals surface area contributed by atoms with Gasteiger partial charge < -0.3 is 10.6 Å². The number of nitrogens with zero attached hydrogens (tertiary/aromatic N) is 2. The van der Waals surface area contributed by atoms with Gasteiger partial charge >= 0.3 is 0 Å². The normalized spacial score (nSPS) is 26.6. The van der Waals surface area contributed by atoms with Gasteiger partial charge in [-0.25, -0.2) is 4.39 Å². The molecule has 1 heterocycles. The zero-order chi connectivity index (χ0) is 19.6. The van der Waals surface area contributed by atoms with E-state index in [4.69, 9.17) is 5.73 Å². The molecule has 0 bridgehead atoms. The van der Waals surface area contributed by atoms with Gasteiger partial charge in [0.1, 0.15) is 5.82 Å². The Hall–Kier alpha value is -1.75. The lowest BCUT2D eigenvalue weighted by atomic mass is 9.78. The van der Waals surface area contributed by atoms with E-state index in [1.54, 1.807) is 6.07 Å². The van der Waals surface area contributed by atoms with Crippen molar-refractivity contribution in [3.05, 3.63) is 71.0 Å². The quantitative estimate of drug-likeness (QED) is 0.856. The first kappa shape index (κ1) is 19.6.